The maximum Gasteiger partial charge on any atom is 0.162 e. The average Bonchev–Trinajstić information content (AvgIpc) is 2.56. The minimum absolute atomic E-state index is 0.0499. The van der Waals surface area contributed by atoms with Crippen LogP contribution in [0, 0.1) is 0 Å². The second-order valence-corrected chi connectivity index (χ2v) is 2.16. The Morgan fingerprint density at radius 2 is 2.33 bits per heavy atom. The van der Waals surface area contributed by atoms with Crippen molar-refractivity contribution < 1.29 is 6.48 Å². The summed E-state index contributed by atoms with van der Waals surface area (Å²) in [6.45, 7) is 0. The van der Waals surface area contributed by atoms with Crippen molar-refractivity contribution >= 4 is 0 Å². The number of nitrogens with zero attached hydrogens (tertiary/aromatic N) is 4. The summed E-state index contributed by atoms with van der Waals surface area (Å²) in [5, 5.41) is 20.0. The Labute approximate surface area is 69.7 Å². The molecule has 0 aliphatic rings. The molecule has 0 amide bonds. The zero-order chi connectivity index (χ0) is 9.26. The molecule has 1 aromatic heterocycles. The third-order valence-electron chi connectivity index (χ3n) is 1.34. The van der Waals surface area contributed by atoms with Crippen LogP contribution in [0.4, 0.5) is 0 Å². The van der Waals surface area contributed by atoms with Gasteiger partial charge in [0.1, 0.15) is 5.75 Å². The molecule has 5 nitrogen and oxygen atoms in total. The van der Waals surface area contributed by atoms with E-state index < -0.39 is 0 Å². The third kappa shape index (κ3) is 1.12. The van der Waals surface area contributed by atoms with E-state index in [1.807, 2.05) is 0 Å². The van der Waals surface area contributed by atoms with Crippen LogP contribution >= 0.6 is 0 Å². The first kappa shape index (κ1) is 5.70. The van der Waals surface area contributed by atoms with Gasteiger partial charge >= 0.3 is 0 Å². The molecular formula is C7H6N4O. The van der Waals surface area contributed by atoms with Crippen LogP contribution in [0.5, 0.6) is 5.75 Å². The van der Waals surface area contributed by atoms with E-state index in [0.717, 1.165) is 0 Å². The summed E-state index contributed by atoms with van der Waals surface area (Å²) in [5.41, 5.74) is 0.482. The maximum absolute atomic E-state index is 9.05. The molecule has 0 saturated carbocycles. The van der Waals surface area contributed by atoms with Gasteiger partial charge in [-0.05, 0) is 29.5 Å². The highest BCUT2D eigenvalue weighted by Gasteiger charge is 1.96. The molecule has 2 aromatic rings. The predicted molar refractivity (Wildman–Crippen MR) is 40.8 cm³/mol. The number of phenolic OH excluding ortho intramolecular Hbond substituents is 1. The smallest absolute Gasteiger partial charge is 0.162 e. The van der Waals surface area contributed by atoms with Gasteiger partial charge in [0.2, 0.25) is 0 Å². The highest BCUT2D eigenvalue weighted by Crippen LogP contribution is 2.10. The van der Waals surface area contributed by atoms with Gasteiger partial charge in [0.25, 0.3) is 0 Å². The average molecular weight is 163 g/mol. The molecule has 0 aliphatic heterocycles. The monoisotopic (exact) mass is 163 g/mol. The molecule has 1 heterocycles. The lowest BCUT2D eigenvalue weighted by molar-refractivity contribution is 0.475. The molecule has 2 rings (SSSR count). The van der Waals surface area contributed by atoms with Gasteiger partial charge in [-0.3, -0.25) is 0 Å². The highest BCUT2D eigenvalue weighted by atomic mass is 16.3. The van der Waals surface area contributed by atoms with E-state index in [2.05, 4.69) is 15.4 Å². The van der Waals surface area contributed by atoms with E-state index >= 15 is 0 Å². The lowest BCUT2D eigenvalue weighted by Gasteiger charge is -1.96. The normalized spacial score (nSPS) is 11.2. The lowest BCUT2D eigenvalue weighted by atomic mass is 10.3. The van der Waals surface area contributed by atoms with Crippen LogP contribution < -0.4 is 0 Å². The molecule has 0 aliphatic carbocycles. The molecule has 0 fully saturated rings. The fourth-order valence-corrected chi connectivity index (χ4v) is 0.810. The Kier molecular flexibility index (Phi) is 1.24. The number of aromatic nitrogens is 4. The van der Waals surface area contributed by atoms with E-state index in [1.54, 1.807) is 6.07 Å². The van der Waals surface area contributed by atoms with Crippen LogP contribution in [0.3, 0.4) is 0 Å². The summed E-state index contributed by atoms with van der Waals surface area (Å²) >= 11 is 0. The van der Waals surface area contributed by atoms with E-state index in [-0.39, 0.29) is 11.8 Å². The quantitative estimate of drug-likeness (QED) is 0.659. The number of aromatic hydroxyl groups is 1. The van der Waals surface area contributed by atoms with Crippen LogP contribution in [-0.2, 0) is 0 Å². The molecule has 60 valence electrons. The van der Waals surface area contributed by atoms with Gasteiger partial charge in [0, 0.05) is 0 Å². The molecule has 12 heavy (non-hydrogen) atoms. The number of phenols is 1. The largest absolute Gasteiger partial charge is 0.508 e. The molecule has 0 saturated heterocycles. The molecule has 0 spiro atoms. The molecular weight excluding hydrogens is 156 g/mol. The minimum atomic E-state index is 0.0499. The van der Waals surface area contributed by atoms with Crippen LogP contribution in [0.25, 0.3) is 5.69 Å². The summed E-state index contributed by atoms with van der Waals surface area (Å²) in [5.74, 6) is 0.0499. The Balaban J connectivity index is 2.53. The van der Waals surface area contributed by atoms with E-state index in [0.29, 0.717) is 5.69 Å². The van der Waals surface area contributed by atoms with Gasteiger partial charge < -0.3 is 5.11 Å². The van der Waals surface area contributed by atoms with E-state index in [1.165, 1.54) is 23.3 Å². The minimum Gasteiger partial charge on any atom is -0.508 e. The van der Waals surface area contributed by atoms with Gasteiger partial charge in [0.05, 0.1) is 7.06 Å². The summed E-state index contributed by atoms with van der Waals surface area (Å²) in [4.78, 5) is 1.22. The maximum atomic E-state index is 9.05. The molecule has 0 atom stereocenters. The van der Waals surface area contributed by atoms with Crippen LogP contribution in [0.1, 0.15) is 1.37 Å². The topological polar surface area (TPSA) is 63.8 Å². The zero-order valence-electron chi connectivity index (χ0n) is 7.05. The van der Waals surface area contributed by atoms with Crippen molar-refractivity contribution in [2.75, 3.05) is 0 Å². The van der Waals surface area contributed by atoms with Crippen molar-refractivity contribution in [2.45, 2.75) is 0 Å². The first-order valence-corrected chi connectivity index (χ1v) is 3.30. The second-order valence-electron chi connectivity index (χ2n) is 2.16. The zero-order valence-corrected chi connectivity index (χ0v) is 6.05. The summed E-state index contributed by atoms with van der Waals surface area (Å²) in [6, 6.07) is 4.49. The van der Waals surface area contributed by atoms with E-state index in [9.17, 15) is 0 Å². The number of hydrogen-bond acceptors (Lipinski definition) is 4. The third-order valence-corrected chi connectivity index (χ3v) is 1.34. The standard InChI is InChI=1S/C7H6N4O/c12-7-3-1-6(2-4-7)11-9-5-8-10-11/h1-5,12H/i1D. The van der Waals surface area contributed by atoms with Gasteiger partial charge in [-0.1, -0.05) is 0 Å². The first-order chi connectivity index (χ1) is 6.27. The molecule has 0 unspecified atom stereocenters. The van der Waals surface area contributed by atoms with Gasteiger partial charge in [-0.15, -0.1) is 15.0 Å². The van der Waals surface area contributed by atoms with Crippen molar-refractivity contribution in [3.63, 3.8) is 0 Å². The van der Waals surface area contributed by atoms with Gasteiger partial charge in [0.15, 0.2) is 6.33 Å². The number of rotatable bonds is 1. The Hall–Kier alpha value is -1.91. The van der Waals surface area contributed by atoms with Crippen molar-refractivity contribution in [3.05, 3.63) is 30.6 Å². The first-order valence-electron chi connectivity index (χ1n) is 3.80. The Bertz CT molecular complexity index is 414. The van der Waals surface area contributed by atoms with Gasteiger partial charge in [-0.25, -0.2) is 0 Å². The Morgan fingerprint density at radius 1 is 1.42 bits per heavy atom. The Morgan fingerprint density at radius 3 is 3.00 bits per heavy atom. The van der Waals surface area contributed by atoms with Crippen LogP contribution in [0.15, 0.2) is 30.6 Å². The second kappa shape index (κ2) is 2.61. The van der Waals surface area contributed by atoms with Crippen LogP contribution in [-0.4, -0.2) is 25.3 Å². The molecule has 1 aromatic carbocycles. The summed E-state index contributed by atoms with van der Waals surface area (Å²) in [6.07, 6.45) is 1.28. The molecule has 0 radical (unpaired) electrons. The van der Waals surface area contributed by atoms with Gasteiger partial charge in [-0.2, -0.15) is 0 Å². The van der Waals surface area contributed by atoms with E-state index in [4.69, 9.17) is 6.48 Å². The lowest BCUT2D eigenvalue weighted by Crippen LogP contribution is -1.97. The molecule has 5 heteroatoms. The van der Waals surface area contributed by atoms with Crippen molar-refractivity contribution in [1.82, 2.24) is 20.2 Å². The fraction of sp³-hybridized carbons (Fsp3) is 0. The van der Waals surface area contributed by atoms with Crippen molar-refractivity contribution in [3.8, 4) is 11.4 Å². The number of benzene rings is 1. The van der Waals surface area contributed by atoms with Crippen molar-refractivity contribution in [1.29, 1.82) is 0 Å². The predicted octanol–water partition coefficient (Wildman–Crippen LogP) is 0.368. The van der Waals surface area contributed by atoms with Crippen LogP contribution in [0.2, 0.25) is 0 Å². The summed E-state index contributed by atoms with van der Waals surface area (Å²) in [7, 11) is 0. The SMILES string of the molecule is [2H]c1cc(O)ccc1-n1ncnn1. The number of tetrazole rings is 1. The summed E-state index contributed by atoms with van der Waals surface area (Å²) < 4.78 is 7.50. The number of hydrogen-bond donors (Lipinski definition) is 1. The molecule has 1 N–H and O–H groups in total. The highest BCUT2D eigenvalue weighted by molar-refractivity contribution is 5.34. The van der Waals surface area contributed by atoms with Crippen molar-refractivity contribution in [2.24, 2.45) is 0 Å². The fourth-order valence-electron chi connectivity index (χ4n) is 0.810. The molecule has 0 bridgehead atoms.